The lowest BCUT2D eigenvalue weighted by Crippen LogP contribution is -2.29. The van der Waals surface area contributed by atoms with Crippen molar-refractivity contribution >= 4 is 38.7 Å². The number of aryl methyl sites for hydroxylation is 1. The van der Waals surface area contributed by atoms with Gasteiger partial charge >= 0.3 is 0 Å². The topological polar surface area (TPSA) is 142 Å². The monoisotopic (exact) mass is 495 g/mol. The van der Waals surface area contributed by atoms with Crippen LogP contribution in [-0.2, 0) is 10.0 Å². The second-order valence-electron chi connectivity index (χ2n) is 7.98. The number of non-ortho nitro benzene ring substituents is 1. The first-order valence-corrected chi connectivity index (χ1v) is 11.8. The Morgan fingerprint density at radius 2 is 1.66 bits per heavy atom. The zero-order chi connectivity index (χ0) is 24.9. The Morgan fingerprint density at radius 3 is 2.34 bits per heavy atom. The van der Waals surface area contributed by atoms with E-state index >= 15 is 0 Å². The van der Waals surface area contributed by atoms with E-state index in [2.05, 4.69) is 0 Å². The van der Waals surface area contributed by atoms with Crippen molar-refractivity contribution in [1.82, 2.24) is 0 Å². The first-order chi connectivity index (χ1) is 16.6. The molecule has 35 heavy (non-hydrogen) atoms. The number of sulfonamides is 1. The Morgan fingerprint density at radius 1 is 0.943 bits per heavy atom. The molecule has 3 aromatic rings. The van der Waals surface area contributed by atoms with E-state index in [0.717, 1.165) is 22.0 Å². The van der Waals surface area contributed by atoms with Gasteiger partial charge in [0.25, 0.3) is 21.4 Å². The Kier molecular flexibility index (Phi) is 5.17. The molecule has 0 fully saturated rings. The molecule has 0 aromatic heterocycles. The van der Waals surface area contributed by atoms with Gasteiger partial charge in [-0.2, -0.15) is 0 Å². The Hall–Kier alpha value is -4.45. The average Bonchev–Trinajstić information content (AvgIpc) is 3.43. The highest BCUT2D eigenvalue weighted by Crippen LogP contribution is 2.47. The lowest BCUT2D eigenvalue weighted by atomic mass is 10.0. The van der Waals surface area contributed by atoms with Crippen molar-refractivity contribution in [3.63, 3.8) is 0 Å². The zero-order valence-corrected chi connectivity index (χ0v) is 19.0. The fraction of sp³-hybridized carbons (Fsp3) is 0.130. The largest absolute Gasteiger partial charge is 0.454 e. The molecule has 3 aromatic carbocycles. The first-order valence-electron chi connectivity index (χ1n) is 10.3. The number of ether oxygens (including phenoxy) is 2. The van der Waals surface area contributed by atoms with E-state index < -0.39 is 31.2 Å². The van der Waals surface area contributed by atoms with E-state index in [-0.39, 0.29) is 29.5 Å². The molecule has 5 rings (SSSR count). The maximum absolute atomic E-state index is 13.5. The van der Waals surface area contributed by atoms with Crippen LogP contribution in [0, 0.1) is 27.2 Å². The number of benzene rings is 3. The molecular formula is C23H17N3O8S. The third-order valence-corrected chi connectivity index (χ3v) is 7.51. The van der Waals surface area contributed by atoms with Crippen molar-refractivity contribution in [2.75, 3.05) is 17.6 Å². The number of nitro groups is 2. The van der Waals surface area contributed by atoms with Gasteiger partial charge < -0.3 is 9.47 Å². The third-order valence-electron chi connectivity index (χ3n) is 5.74. The smallest absolute Gasteiger partial charge is 0.285 e. The normalized spacial score (nSPS) is 15.3. The summed E-state index contributed by atoms with van der Waals surface area (Å²) in [4.78, 5) is 21.8. The molecule has 2 heterocycles. The molecule has 0 saturated heterocycles. The maximum atomic E-state index is 13.5. The number of nitro benzene ring substituents is 2. The molecule has 0 radical (unpaired) electrons. The van der Waals surface area contributed by atoms with E-state index in [0.29, 0.717) is 22.6 Å². The standard InChI is InChI=1S/C23H17N3O8S/c1-14-2-5-18(6-3-14)35(31,32)24-12-16(8-15-4-7-21-22(9-15)34-13-33-21)23-19(24)10-17(25(27)28)11-20(23)26(29)30/h2-11H,12-13H2,1H3/b16-8+. The summed E-state index contributed by atoms with van der Waals surface area (Å²) in [5.41, 5.74) is 0.508. The second-order valence-corrected chi connectivity index (χ2v) is 9.84. The number of rotatable bonds is 5. The molecule has 0 amide bonds. The number of fused-ring (bicyclic) bond motifs is 2. The summed E-state index contributed by atoms with van der Waals surface area (Å²) in [5, 5.41) is 23.4. The van der Waals surface area contributed by atoms with Crippen molar-refractivity contribution in [1.29, 1.82) is 0 Å². The highest BCUT2D eigenvalue weighted by Gasteiger charge is 2.40. The van der Waals surface area contributed by atoms with Gasteiger partial charge in [0.1, 0.15) is 0 Å². The summed E-state index contributed by atoms with van der Waals surface area (Å²) in [6, 6.07) is 13.0. The van der Waals surface area contributed by atoms with Crippen molar-refractivity contribution < 1.29 is 27.7 Å². The lowest BCUT2D eigenvalue weighted by Gasteiger charge is -2.19. The maximum Gasteiger partial charge on any atom is 0.285 e. The molecule has 11 nitrogen and oxygen atoms in total. The molecule has 0 unspecified atom stereocenters. The molecule has 178 valence electrons. The zero-order valence-electron chi connectivity index (χ0n) is 18.2. The van der Waals surface area contributed by atoms with Crippen LogP contribution in [0.1, 0.15) is 16.7 Å². The quantitative estimate of drug-likeness (QED) is 0.377. The first kappa shape index (κ1) is 22.3. The third kappa shape index (κ3) is 3.83. The van der Waals surface area contributed by atoms with Gasteiger partial charge in [0, 0.05) is 6.07 Å². The number of hydrogen-bond acceptors (Lipinski definition) is 8. The van der Waals surface area contributed by atoms with Crippen LogP contribution >= 0.6 is 0 Å². The van der Waals surface area contributed by atoms with Crippen molar-refractivity contribution in [2.24, 2.45) is 0 Å². The summed E-state index contributed by atoms with van der Waals surface area (Å²) in [6.07, 6.45) is 1.60. The SMILES string of the molecule is Cc1ccc(S(=O)(=O)N2C/C(=C\c3ccc4c(c3)OCO4)c3c2cc([N+](=O)[O-])cc3[N+](=O)[O-])cc1. The fourth-order valence-electron chi connectivity index (χ4n) is 4.07. The molecule has 0 saturated carbocycles. The molecule has 0 bridgehead atoms. The van der Waals surface area contributed by atoms with Gasteiger partial charge in [-0.15, -0.1) is 0 Å². The molecule has 0 spiro atoms. The molecule has 2 aliphatic heterocycles. The summed E-state index contributed by atoms with van der Waals surface area (Å²) in [5.74, 6) is 1.03. The van der Waals surface area contributed by atoms with E-state index in [1.807, 2.05) is 0 Å². The van der Waals surface area contributed by atoms with E-state index in [1.54, 1.807) is 43.3 Å². The highest BCUT2D eigenvalue weighted by molar-refractivity contribution is 7.92. The summed E-state index contributed by atoms with van der Waals surface area (Å²) in [7, 11) is -4.19. The van der Waals surface area contributed by atoms with Gasteiger partial charge in [-0.05, 0) is 48.4 Å². The fourth-order valence-corrected chi connectivity index (χ4v) is 5.51. The number of hydrogen-bond donors (Lipinski definition) is 0. The second kappa shape index (κ2) is 8.09. The van der Waals surface area contributed by atoms with Crippen LogP contribution in [0.3, 0.4) is 0 Å². The van der Waals surface area contributed by atoms with Crippen LogP contribution in [0.5, 0.6) is 11.5 Å². The average molecular weight is 495 g/mol. The predicted molar refractivity (Wildman–Crippen MR) is 126 cm³/mol. The van der Waals surface area contributed by atoms with Crippen molar-refractivity contribution in [2.45, 2.75) is 11.8 Å². The van der Waals surface area contributed by atoms with E-state index in [1.165, 1.54) is 12.1 Å². The summed E-state index contributed by atoms with van der Waals surface area (Å²) >= 11 is 0. The molecule has 0 aliphatic carbocycles. The number of anilines is 1. The Bertz CT molecular complexity index is 1530. The van der Waals surface area contributed by atoms with Gasteiger partial charge in [0.2, 0.25) is 6.79 Å². The molecule has 2 aliphatic rings. The van der Waals surface area contributed by atoms with Gasteiger partial charge in [0.15, 0.2) is 11.5 Å². The van der Waals surface area contributed by atoms with Crippen molar-refractivity contribution in [3.05, 3.63) is 91.5 Å². The molecular weight excluding hydrogens is 478 g/mol. The Labute approximate surface area is 199 Å². The van der Waals surface area contributed by atoms with Crippen LogP contribution < -0.4 is 13.8 Å². The minimum atomic E-state index is -4.19. The molecule has 0 N–H and O–H groups in total. The summed E-state index contributed by atoms with van der Waals surface area (Å²) in [6.45, 7) is 1.62. The van der Waals surface area contributed by atoms with Gasteiger partial charge in [-0.3, -0.25) is 24.5 Å². The molecule has 12 heteroatoms. The van der Waals surface area contributed by atoms with Crippen LogP contribution in [0.25, 0.3) is 11.6 Å². The van der Waals surface area contributed by atoms with Crippen molar-refractivity contribution in [3.8, 4) is 11.5 Å². The minimum Gasteiger partial charge on any atom is -0.454 e. The van der Waals surface area contributed by atoms with Crippen LogP contribution in [0.2, 0.25) is 0 Å². The lowest BCUT2D eigenvalue weighted by molar-refractivity contribution is -0.394. The van der Waals surface area contributed by atoms with E-state index in [9.17, 15) is 28.6 Å². The van der Waals surface area contributed by atoms with Gasteiger partial charge in [0.05, 0.1) is 38.6 Å². The van der Waals surface area contributed by atoms with E-state index in [4.69, 9.17) is 9.47 Å². The predicted octanol–water partition coefficient (Wildman–Crippen LogP) is 4.29. The Balaban J connectivity index is 1.71. The highest BCUT2D eigenvalue weighted by atomic mass is 32.2. The van der Waals surface area contributed by atoms with Crippen LogP contribution in [-0.4, -0.2) is 31.6 Å². The molecule has 0 atom stereocenters. The van der Waals surface area contributed by atoms with Crippen LogP contribution in [0.4, 0.5) is 17.1 Å². The van der Waals surface area contributed by atoms with Gasteiger partial charge in [-0.1, -0.05) is 23.8 Å². The summed E-state index contributed by atoms with van der Waals surface area (Å²) < 4.78 is 38.7. The van der Waals surface area contributed by atoms with Crippen LogP contribution in [0.15, 0.2) is 59.5 Å². The number of nitrogens with zero attached hydrogens (tertiary/aromatic N) is 3. The minimum absolute atomic E-state index is 0.00829. The van der Waals surface area contributed by atoms with Gasteiger partial charge in [-0.25, -0.2) is 8.42 Å².